The third-order valence-electron chi connectivity index (χ3n) is 4.68. The van der Waals surface area contributed by atoms with Gasteiger partial charge in [-0.1, -0.05) is 24.6 Å². The van der Waals surface area contributed by atoms with E-state index in [1.807, 2.05) is 24.8 Å². The maximum Gasteiger partial charge on any atom is 0.272 e. The highest BCUT2D eigenvalue weighted by Gasteiger charge is 2.22. The number of carbonyl (C=O) groups excluding carboxylic acids is 1. The number of amides is 1. The van der Waals surface area contributed by atoms with Crippen molar-refractivity contribution in [3.8, 4) is 0 Å². The van der Waals surface area contributed by atoms with Crippen molar-refractivity contribution < 1.29 is 4.79 Å². The van der Waals surface area contributed by atoms with E-state index in [1.54, 1.807) is 6.07 Å². The largest absolute Gasteiger partial charge is 0.339 e. The third-order valence-corrected chi connectivity index (χ3v) is 4.98. The highest BCUT2D eigenvalue weighted by atomic mass is 35.5. The smallest absolute Gasteiger partial charge is 0.272 e. The van der Waals surface area contributed by atoms with Gasteiger partial charge in [0.05, 0.1) is 10.7 Å². The predicted octanol–water partition coefficient (Wildman–Crippen LogP) is 3.27. The molecule has 1 aromatic heterocycles. The van der Waals surface area contributed by atoms with E-state index in [-0.39, 0.29) is 5.91 Å². The second-order valence-electron chi connectivity index (χ2n) is 6.58. The maximum absolute atomic E-state index is 12.7. The molecule has 1 fully saturated rings. The SMILES string of the molecule is CCN1CCN(C(=O)c2cc(Nc3c(C)cc(C)cc3Cl)ncn2)CC1. The molecule has 1 saturated heterocycles. The molecule has 0 saturated carbocycles. The van der Waals surface area contributed by atoms with Crippen molar-refractivity contribution in [1.29, 1.82) is 0 Å². The van der Waals surface area contributed by atoms with Crippen LogP contribution >= 0.6 is 11.6 Å². The molecule has 0 radical (unpaired) electrons. The van der Waals surface area contributed by atoms with Gasteiger partial charge in [0.15, 0.2) is 0 Å². The van der Waals surface area contributed by atoms with Crippen LogP contribution in [0.1, 0.15) is 28.5 Å². The number of likely N-dealkylation sites (N-methyl/N-ethyl adjacent to an activating group) is 1. The van der Waals surface area contributed by atoms with E-state index in [2.05, 4.69) is 33.2 Å². The Morgan fingerprint density at radius 1 is 1.15 bits per heavy atom. The maximum atomic E-state index is 12.7. The van der Waals surface area contributed by atoms with E-state index in [0.29, 0.717) is 16.5 Å². The molecule has 0 spiro atoms. The second kappa shape index (κ2) is 8.01. The molecule has 6 nitrogen and oxygen atoms in total. The van der Waals surface area contributed by atoms with E-state index < -0.39 is 0 Å². The van der Waals surface area contributed by atoms with Crippen LogP contribution in [0, 0.1) is 13.8 Å². The average Bonchev–Trinajstić information content (AvgIpc) is 2.64. The van der Waals surface area contributed by atoms with Gasteiger partial charge in [-0.15, -0.1) is 0 Å². The molecular formula is C19H24ClN5O. The summed E-state index contributed by atoms with van der Waals surface area (Å²) in [6.07, 6.45) is 1.41. The van der Waals surface area contributed by atoms with Crippen molar-refractivity contribution in [1.82, 2.24) is 19.8 Å². The predicted molar refractivity (Wildman–Crippen MR) is 104 cm³/mol. The molecule has 1 aromatic carbocycles. The van der Waals surface area contributed by atoms with Crippen molar-refractivity contribution >= 4 is 29.0 Å². The van der Waals surface area contributed by atoms with Crippen molar-refractivity contribution in [3.63, 3.8) is 0 Å². The molecular weight excluding hydrogens is 350 g/mol. The van der Waals surface area contributed by atoms with Gasteiger partial charge in [0.25, 0.3) is 5.91 Å². The van der Waals surface area contributed by atoms with Crippen LogP contribution in [-0.4, -0.2) is 58.4 Å². The first-order chi connectivity index (χ1) is 12.5. The summed E-state index contributed by atoms with van der Waals surface area (Å²) in [5.41, 5.74) is 3.32. The van der Waals surface area contributed by atoms with Gasteiger partial charge < -0.3 is 15.1 Å². The minimum absolute atomic E-state index is 0.0575. The fraction of sp³-hybridized carbons (Fsp3) is 0.421. The van der Waals surface area contributed by atoms with Gasteiger partial charge in [-0.05, 0) is 37.6 Å². The van der Waals surface area contributed by atoms with Crippen molar-refractivity contribution in [3.05, 3.63) is 46.4 Å². The Morgan fingerprint density at radius 2 is 1.88 bits per heavy atom. The molecule has 26 heavy (non-hydrogen) atoms. The quantitative estimate of drug-likeness (QED) is 0.891. The highest BCUT2D eigenvalue weighted by Crippen LogP contribution is 2.29. The molecule has 7 heteroatoms. The number of aryl methyl sites for hydroxylation is 2. The Bertz CT molecular complexity index is 779. The lowest BCUT2D eigenvalue weighted by molar-refractivity contribution is 0.0637. The van der Waals surface area contributed by atoms with Gasteiger partial charge in [0.1, 0.15) is 17.8 Å². The Labute approximate surface area is 159 Å². The van der Waals surface area contributed by atoms with E-state index in [9.17, 15) is 4.79 Å². The summed E-state index contributed by atoms with van der Waals surface area (Å²) >= 11 is 6.35. The van der Waals surface area contributed by atoms with Gasteiger partial charge >= 0.3 is 0 Å². The summed E-state index contributed by atoms with van der Waals surface area (Å²) in [6.45, 7) is 10.4. The van der Waals surface area contributed by atoms with Crippen molar-refractivity contribution in [2.45, 2.75) is 20.8 Å². The van der Waals surface area contributed by atoms with Crippen molar-refractivity contribution in [2.75, 3.05) is 38.0 Å². The topological polar surface area (TPSA) is 61.4 Å². The van der Waals surface area contributed by atoms with Gasteiger partial charge in [-0.3, -0.25) is 4.79 Å². The van der Waals surface area contributed by atoms with Gasteiger partial charge in [0, 0.05) is 32.2 Å². The number of hydrogen-bond donors (Lipinski definition) is 1. The zero-order valence-corrected chi connectivity index (χ0v) is 16.2. The molecule has 2 aromatic rings. The van der Waals surface area contributed by atoms with E-state index >= 15 is 0 Å². The molecule has 0 bridgehead atoms. The zero-order chi connectivity index (χ0) is 18.7. The molecule has 1 aliphatic rings. The van der Waals surface area contributed by atoms with Gasteiger partial charge in [-0.25, -0.2) is 9.97 Å². The van der Waals surface area contributed by atoms with Crippen LogP contribution in [0.25, 0.3) is 0 Å². The minimum Gasteiger partial charge on any atom is -0.339 e. The second-order valence-corrected chi connectivity index (χ2v) is 6.99. The normalized spacial score (nSPS) is 15.2. The van der Waals surface area contributed by atoms with Crippen LogP contribution in [0.5, 0.6) is 0 Å². The summed E-state index contributed by atoms with van der Waals surface area (Å²) < 4.78 is 0. The first-order valence-corrected chi connectivity index (χ1v) is 9.23. The summed E-state index contributed by atoms with van der Waals surface area (Å²) in [7, 11) is 0. The number of rotatable bonds is 4. The van der Waals surface area contributed by atoms with Crippen LogP contribution in [0.4, 0.5) is 11.5 Å². The Morgan fingerprint density at radius 3 is 2.54 bits per heavy atom. The Balaban J connectivity index is 1.76. The molecule has 1 N–H and O–H groups in total. The summed E-state index contributed by atoms with van der Waals surface area (Å²) in [5, 5.41) is 3.85. The first-order valence-electron chi connectivity index (χ1n) is 8.85. The number of halogens is 1. The molecule has 138 valence electrons. The van der Waals surface area contributed by atoms with Gasteiger partial charge in [-0.2, -0.15) is 0 Å². The molecule has 0 unspecified atom stereocenters. The standard InChI is InChI=1S/C19H24ClN5O/c1-4-24-5-7-25(8-6-24)19(26)16-11-17(22-12-21-16)23-18-14(3)9-13(2)10-15(18)20/h9-12H,4-8H2,1-3H3,(H,21,22,23). The van der Waals surface area contributed by atoms with E-state index in [0.717, 1.165) is 49.5 Å². The monoisotopic (exact) mass is 373 g/mol. The molecule has 2 heterocycles. The van der Waals surface area contributed by atoms with Crippen LogP contribution in [0.3, 0.4) is 0 Å². The number of aromatic nitrogens is 2. The summed E-state index contributed by atoms with van der Waals surface area (Å²) in [4.78, 5) is 25.3. The summed E-state index contributed by atoms with van der Waals surface area (Å²) in [5.74, 6) is 0.502. The number of hydrogen-bond acceptors (Lipinski definition) is 5. The number of piperazine rings is 1. The average molecular weight is 374 g/mol. The minimum atomic E-state index is -0.0575. The third kappa shape index (κ3) is 4.14. The van der Waals surface area contributed by atoms with Crippen LogP contribution in [0.2, 0.25) is 5.02 Å². The Hall–Kier alpha value is -2.18. The number of nitrogens with zero attached hydrogens (tertiary/aromatic N) is 4. The lowest BCUT2D eigenvalue weighted by Crippen LogP contribution is -2.48. The lowest BCUT2D eigenvalue weighted by atomic mass is 10.1. The lowest BCUT2D eigenvalue weighted by Gasteiger charge is -2.33. The first kappa shape index (κ1) is 18.6. The fourth-order valence-electron chi connectivity index (χ4n) is 3.17. The number of carbonyl (C=O) groups is 1. The Kier molecular flexibility index (Phi) is 5.74. The number of benzene rings is 1. The van der Waals surface area contributed by atoms with Crippen LogP contribution < -0.4 is 5.32 Å². The van der Waals surface area contributed by atoms with Gasteiger partial charge in [0.2, 0.25) is 0 Å². The summed E-state index contributed by atoms with van der Waals surface area (Å²) in [6, 6.07) is 5.64. The van der Waals surface area contributed by atoms with Crippen LogP contribution in [-0.2, 0) is 0 Å². The number of nitrogens with one attached hydrogen (secondary N) is 1. The molecule has 0 aliphatic carbocycles. The fourth-order valence-corrected chi connectivity index (χ4v) is 3.54. The molecule has 3 rings (SSSR count). The number of anilines is 2. The van der Waals surface area contributed by atoms with Crippen molar-refractivity contribution in [2.24, 2.45) is 0 Å². The van der Waals surface area contributed by atoms with E-state index in [4.69, 9.17) is 11.6 Å². The molecule has 0 atom stereocenters. The molecule has 1 amide bonds. The van der Waals surface area contributed by atoms with Crippen LogP contribution in [0.15, 0.2) is 24.5 Å². The highest BCUT2D eigenvalue weighted by molar-refractivity contribution is 6.33. The molecule has 1 aliphatic heterocycles. The zero-order valence-electron chi connectivity index (χ0n) is 15.4. The van der Waals surface area contributed by atoms with E-state index in [1.165, 1.54) is 6.33 Å².